The molecule has 1 amide bonds. The summed E-state index contributed by atoms with van der Waals surface area (Å²) in [6.45, 7) is 10.8. The summed E-state index contributed by atoms with van der Waals surface area (Å²) in [5, 5.41) is 28.7. The molecule has 44 heavy (non-hydrogen) atoms. The first kappa shape index (κ1) is 29.6. The number of aromatic nitrogens is 5. The number of aliphatic hydroxyl groups is 1. The van der Waals surface area contributed by atoms with E-state index in [0.29, 0.717) is 47.6 Å². The van der Waals surface area contributed by atoms with Crippen LogP contribution in [0.15, 0.2) is 53.2 Å². The Labute approximate surface area is 256 Å². The van der Waals surface area contributed by atoms with Gasteiger partial charge in [-0.2, -0.15) is 4.98 Å². The Morgan fingerprint density at radius 1 is 1.07 bits per heavy atom. The van der Waals surface area contributed by atoms with E-state index in [0.717, 1.165) is 43.9 Å². The highest BCUT2D eigenvalue weighted by atomic mass is 16.4. The summed E-state index contributed by atoms with van der Waals surface area (Å²) < 4.78 is 6.06. The number of nitrogens with zero attached hydrogens (tertiary/aromatic N) is 7. The predicted molar refractivity (Wildman–Crippen MR) is 165 cm³/mol. The molecule has 13 nitrogen and oxygen atoms in total. The summed E-state index contributed by atoms with van der Waals surface area (Å²) in [6, 6.07) is 10.7. The molecule has 1 saturated heterocycles. The third kappa shape index (κ3) is 6.54. The van der Waals surface area contributed by atoms with Gasteiger partial charge in [-0.25, -0.2) is 4.98 Å². The molecule has 0 unspecified atom stereocenters. The number of piperazine rings is 1. The van der Waals surface area contributed by atoms with Crippen LogP contribution >= 0.6 is 0 Å². The molecule has 0 bridgehead atoms. The van der Waals surface area contributed by atoms with Crippen molar-refractivity contribution in [2.75, 3.05) is 50.0 Å². The van der Waals surface area contributed by atoms with Gasteiger partial charge < -0.3 is 30.4 Å². The second-order valence-electron chi connectivity index (χ2n) is 12.0. The Balaban J connectivity index is 1.28. The number of anilines is 3. The number of fused-ring (bicyclic) bond motifs is 1. The van der Waals surface area contributed by atoms with Gasteiger partial charge in [0.05, 0.1) is 30.5 Å². The lowest BCUT2D eigenvalue weighted by molar-refractivity contribution is 0.0562. The van der Waals surface area contributed by atoms with Crippen molar-refractivity contribution in [1.82, 2.24) is 40.3 Å². The molecule has 230 valence electrons. The zero-order valence-corrected chi connectivity index (χ0v) is 25.2. The number of benzene rings is 1. The van der Waals surface area contributed by atoms with Crippen molar-refractivity contribution in [3.8, 4) is 11.5 Å². The van der Waals surface area contributed by atoms with Crippen LogP contribution in [-0.2, 0) is 13.0 Å². The molecule has 3 aromatic heterocycles. The van der Waals surface area contributed by atoms with E-state index in [1.165, 1.54) is 0 Å². The Morgan fingerprint density at radius 3 is 2.66 bits per heavy atom. The summed E-state index contributed by atoms with van der Waals surface area (Å²) in [5.74, 6) is 1.55. The molecule has 2 aliphatic rings. The first-order valence-electron chi connectivity index (χ1n) is 14.9. The Bertz CT molecular complexity index is 1600. The Morgan fingerprint density at radius 2 is 1.91 bits per heavy atom. The molecule has 4 aromatic rings. The SMILES string of the molecule is CC(C)(C)N1CCc2cc(Nc3ncc(-c4nnc(CN5CCNCC5)o4)c(N[C@H](CO)c4ccccn4)n3)ccc2C1=O. The van der Waals surface area contributed by atoms with Gasteiger partial charge in [-0.15, -0.1) is 10.2 Å². The van der Waals surface area contributed by atoms with Gasteiger partial charge in [-0.05, 0) is 63.1 Å². The fourth-order valence-electron chi connectivity index (χ4n) is 5.49. The number of aliphatic hydroxyl groups excluding tert-OH is 1. The van der Waals surface area contributed by atoms with E-state index in [1.807, 2.05) is 41.3 Å². The average Bonchev–Trinajstić information content (AvgIpc) is 3.48. The lowest BCUT2D eigenvalue weighted by Gasteiger charge is -2.39. The second-order valence-corrected chi connectivity index (χ2v) is 12.0. The van der Waals surface area contributed by atoms with Crippen LogP contribution in [0.1, 0.15) is 54.3 Å². The fourth-order valence-corrected chi connectivity index (χ4v) is 5.49. The van der Waals surface area contributed by atoms with Crippen LogP contribution in [0.25, 0.3) is 11.5 Å². The van der Waals surface area contributed by atoms with Crippen molar-refractivity contribution in [2.45, 2.75) is 45.3 Å². The predicted octanol–water partition coefficient (Wildman–Crippen LogP) is 3.01. The summed E-state index contributed by atoms with van der Waals surface area (Å²) in [6.07, 6.45) is 4.06. The number of rotatable bonds is 9. The summed E-state index contributed by atoms with van der Waals surface area (Å²) >= 11 is 0. The Hall–Kier alpha value is -4.46. The number of nitrogens with one attached hydrogen (secondary N) is 3. The molecule has 5 heterocycles. The van der Waals surface area contributed by atoms with Crippen molar-refractivity contribution < 1.29 is 14.3 Å². The number of pyridine rings is 1. The topological polar surface area (TPSA) is 157 Å². The highest BCUT2D eigenvalue weighted by Crippen LogP contribution is 2.31. The summed E-state index contributed by atoms with van der Waals surface area (Å²) in [7, 11) is 0. The maximum absolute atomic E-state index is 13.1. The van der Waals surface area contributed by atoms with Crippen LogP contribution in [0.5, 0.6) is 0 Å². The van der Waals surface area contributed by atoms with Gasteiger partial charge in [-0.3, -0.25) is 14.7 Å². The zero-order chi connectivity index (χ0) is 30.7. The lowest BCUT2D eigenvalue weighted by Crippen LogP contribution is -2.49. The molecular weight excluding hydrogens is 560 g/mol. The molecule has 4 N–H and O–H groups in total. The van der Waals surface area contributed by atoms with Crippen molar-refractivity contribution in [1.29, 1.82) is 0 Å². The highest BCUT2D eigenvalue weighted by Gasteiger charge is 2.32. The van der Waals surface area contributed by atoms with E-state index in [4.69, 9.17) is 9.40 Å². The average molecular weight is 599 g/mol. The number of hydrogen-bond donors (Lipinski definition) is 4. The van der Waals surface area contributed by atoms with Crippen LogP contribution in [0.3, 0.4) is 0 Å². The molecule has 6 rings (SSSR count). The van der Waals surface area contributed by atoms with Crippen molar-refractivity contribution in [3.63, 3.8) is 0 Å². The van der Waals surface area contributed by atoms with Gasteiger partial charge in [0.1, 0.15) is 5.82 Å². The van der Waals surface area contributed by atoms with E-state index >= 15 is 0 Å². The molecule has 1 atom stereocenters. The standard InChI is InChI=1S/C31H38N10O3/c1-31(2,3)41-13-9-20-16-21(7-8-22(20)29(41)43)35-30-34-17-23(27(37-30)36-25(19-42)24-6-4-5-10-33-24)28-39-38-26(44-28)18-40-14-11-32-12-15-40/h4-8,10,16-17,25,32,42H,9,11-15,18-19H2,1-3H3,(H2,34,35,36,37)/t25-/m1/s1. The Kier molecular flexibility index (Phi) is 8.51. The summed E-state index contributed by atoms with van der Waals surface area (Å²) in [5.41, 5.74) is 3.37. The quantitative estimate of drug-likeness (QED) is 0.224. The van der Waals surface area contributed by atoms with E-state index in [-0.39, 0.29) is 23.9 Å². The minimum absolute atomic E-state index is 0.0397. The van der Waals surface area contributed by atoms with Gasteiger partial charge in [0, 0.05) is 61.9 Å². The molecule has 1 aromatic carbocycles. The van der Waals surface area contributed by atoms with E-state index < -0.39 is 6.04 Å². The minimum Gasteiger partial charge on any atom is -0.419 e. The highest BCUT2D eigenvalue weighted by molar-refractivity contribution is 5.97. The van der Waals surface area contributed by atoms with E-state index in [1.54, 1.807) is 12.4 Å². The second kappa shape index (κ2) is 12.6. The zero-order valence-electron chi connectivity index (χ0n) is 25.2. The number of amides is 1. The van der Waals surface area contributed by atoms with Crippen molar-refractivity contribution >= 4 is 23.4 Å². The van der Waals surface area contributed by atoms with Crippen LogP contribution in [-0.4, -0.2) is 90.8 Å². The first-order chi connectivity index (χ1) is 21.3. The molecular formula is C31H38N10O3. The van der Waals surface area contributed by atoms with Crippen LogP contribution in [0.2, 0.25) is 0 Å². The van der Waals surface area contributed by atoms with Gasteiger partial charge in [-0.1, -0.05) is 6.07 Å². The molecule has 13 heteroatoms. The molecule has 0 aliphatic carbocycles. The van der Waals surface area contributed by atoms with Gasteiger partial charge >= 0.3 is 0 Å². The largest absolute Gasteiger partial charge is 0.419 e. The van der Waals surface area contributed by atoms with Gasteiger partial charge in [0.2, 0.25) is 11.8 Å². The maximum Gasteiger partial charge on any atom is 0.254 e. The first-order valence-corrected chi connectivity index (χ1v) is 14.9. The number of carbonyl (C=O) groups is 1. The normalized spacial score (nSPS) is 16.5. The lowest BCUT2D eigenvalue weighted by atomic mass is 9.94. The maximum atomic E-state index is 13.1. The third-order valence-corrected chi connectivity index (χ3v) is 7.84. The smallest absolute Gasteiger partial charge is 0.254 e. The molecule has 0 saturated carbocycles. The monoisotopic (exact) mass is 598 g/mol. The van der Waals surface area contributed by atoms with Crippen LogP contribution in [0, 0.1) is 0 Å². The summed E-state index contributed by atoms with van der Waals surface area (Å²) in [4.78, 5) is 31.0. The van der Waals surface area contributed by atoms with Crippen LogP contribution < -0.4 is 16.0 Å². The van der Waals surface area contributed by atoms with E-state index in [9.17, 15) is 9.90 Å². The van der Waals surface area contributed by atoms with Crippen molar-refractivity contribution in [3.05, 3.63) is 71.5 Å². The third-order valence-electron chi connectivity index (χ3n) is 7.84. The van der Waals surface area contributed by atoms with Gasteiger partial charge in [0.25, 0.3) is 11.8 Å². The number of carbonyl (C=O) groups excluding carboxylic acids is 1. The van der Waals surface area contributed by atoms with Crippen LogP contribution in [0.4, 0.5) is 17.5 Å². The van der Waals surface area contributed by atoms with Crippen molar-refractivity contribution in [2.24, 2.45) is 0 Å². The van der Waals surface area contributed by atoms with Gasteiger partial charge in [0.15, 0.2) is 0 Å². The molecule has 0 radical (unpaired) electrons. The molecule has 1 fully saturated rings. The van der Waals surface area contributed by atoms with E-state index in [2.05, 4.69) is 61.8 Å². The molecule has 0 spiro atoms. The fraction of sp³-hybridized carbons (Fsp3) is 0.419. The minimum atomic E-state index is -0.540. The number of hydrogen-bond acceptors (Lipinski definition) is 12. The molecule has 2 aliphatic heterocycles.